The molecule has 0 saturated heterocycles. The Hall–Kier alpha value is -4.78. The number of benzene rings is 2. The minimum Gasteiger partial charge on any atom is -0.478 e. The summed E-state index contributed by atoms with van der Waals surface area (Å²) in [6, 6.07) is 2.79. The number of hydrogen-bond acceptors (Lipinski definition) is 8. The topological polar surface area (TPSA) is 233 Å². The Kier molecular flexibility index (Phi) is 16.1. The lowest BCUT2D eigenvalue weighted by Gasteiger charge is -2.17. The van der Waals surface area contributed by atoms with Gasteiger partial charge in [-0.3, -0.25) is 0 Å². The molecule has 13 heteroatoms. The lowest BCUT2D eigenvalue weighted by molar-refractivity contribution is 0.0487. The third-order valence-corrected chi connectivity index (χ3v) is 7.72. The van der Waals surface area contributed by atoms with Crippen molar-refractivity contribution < 1.29 is 64.1 Å². The summed E-state index contributed by atoms with van der Waals surface area (Å²) in [4.78, 5) is 73.0. The van der Waals surface area contributed by atoms with Crippen LogP contribution in [0.3, 0.4) is 0 Å². The number of hydrogen-bond donors (Lipinski definition) is 6. The minimum atomic E-state index is -1.85. The van der Waals surface area contributed by atoms with E-state index in [0.717, 1.165) is 57.1 Å². The van der Waals surface area contributed by atoms with Crippen LogP contribution in [0.1, 0.15) is 152 Å². The SMILES string of the molecule is O=C(O)c1cc(C(=O)O)c(C(=O)O)c(-c2cc(C(=O)O)cc(C(=O)OCCCCCCCCCCCCCCCCO)c2C(=O)O)c1. The van der Waals surface area contributed by atoms with Gasteiger partial charge in [-0.15, -0.1) is 0 Å². The molecule has 0 bridgehead atoms. The molecule has 13 nitrogen and oxygen atoms in total. The molecule has 2 rings (SSSR count). The molecule has 0 unspecified atom stereocenters. The van der Waals surface area contributed by atoms with Crippen LogP contribution in [-0.4, -0.2) is 79.7 Å². The van der Waals surface area contributed by atoms with Crippen LogP contribution >= 0.6 is 0 Å². The second kappa shape index (κ2) is 19.7. The third-order valence-electron chi connectivity index (χ3n) is 7.72. The third kappa shape index (κ3) is 11.8. The fraction of sp³-hybridized carbons (Fsp3) is 0.471. The molecule has 0 aliphatic carbocycles. The molecule has 2 aromatic rings. The maximum absolute atomic E-state index is 13.1. The first-order valence-electron chi connectivity index (χ1n) is 15.7. The molecule has 0 atom stereocenters. The predicted octanol–water partition coefficient (Wildman–Crippen LogP) is 6.46. The highest BCUT2D eigenvalue weighted by Gasteiger charge is 2.31. The van der Waals surface area contributed by atoms with Crippen LogP contribution in [0.5, 0.6) is 0 Å². The Morgan fingerprint density at radius 3 is 1.17 bits per heavy atom. The Morgan fingerprint density at radius 1 is 0.447 bits per heavy atom. The summed E-state index contributed by atoms with van der Waals surface area (Å²) < 4.78 is 5.25. The van der Waals surface area contributed by atoms with Crippen molar-refractivity contribution in [2.45, 2.75) is 89.9 Å². The number of ether oxygens (including phenoxy) is 1. The van der Waals surface area contributed by atoms with Crippen LogP contribution in [-0.2, 0) is 4.74 Å². The zero-order chi connectivity index (χ0) is 34.9. The zero-order valence-corrected chi connectivity index (χ0v) is 26.2. The molecule has 47 heavy (non-hydrogen) atoms. The summed E-state index contributed by atoms with van der Waals surface area (Å²) in [5.41, 5.74) is -6.28. The van der Waals surface area contributed by atoms with E-state index in [4.69, 9.17) is 9.84 Å². The minimum absolute atomic E-state index is 0.0964. The molecule has 2 aromatic carbocycles. The maximum Gasteiger partial charge on any atom is 0.339 e. The van der Waals surface area contributed by atoms with Crippen LogP contribution in [0.4, 0.5) is 0 Å². The second-order valence-corrected chi connectivity index (χ2v) is 11.2. The van der Waals surface area contributed by atoms with Crippen molar-refractivity contribution in [1.29, 1.82) is 0 Å². The lowest BCUT2D eigenvalue weighted by atomic mass is 9.87. The number of aromatic carboxylic acids is 5. The van der Waals surface area contributed by atoms with E-state index in [2.05, 4.69) is 0 Å². The average molecular weight is 659 g/mol. The van der Waals surface area contributed by atoms with E-state index in [9.17, 15) is 54.3 Å². The first-order valence-corrected chi connectivity index (χ1v) is 15.7. The lowest BCUT2D eigenvalue weighted by Crippen LogP contribution is -2.18. The average Bonchev–Trinajstić information content (AvgIpc) is 3.02. The van der Waals surface area contributed by atoms with E-state index < -0.39 is 80.3 Å². The standard InChI is InChI=1S/C34H42O13/c35-15-13-11-9-7-5-3-1-2-4-6-8-10-12-14-16-47-34(46)26-20-22(30(38)39)18-24(28(26)33(44)45)23-17-21(29(36)37)19-25(31(40)41)27(23)32(42)43/h17-20,35H,1-16H2,(H,36,37)(H,38,39)(H,40,41)(H,42,43)(H,44,45). The summed E-state index contributed by atoms with van der Waals surface area (Å²) >= 11 is 0. The second-order valence-electron chi connectivity index (χ2n) is 11.2. The quantitative estimate of drug-likeness (QED) is 0.0557. The molecule has 0 fully saturated rings. The number of carbonyl (C=O) groups is 6. The highest BCUT2D eigenvalue weighted by Crippen LogP contribution is 2.34. The smallest absolute Gasteiger partial charge is 0.339 e. The summed E-state index contributed by atoms with van der Waals surface area (Å²) in [5, 5.41) is 57.4. The summed E-state index contributed by atoms with van der Waals surface area (Å²) in [6.45, 7) is 0.162. The van der Waals surface area contributed by atoms with Gasteiger partial charge in [0.25, 0.3) is 0 Å². The van der Waals surface area contributed by atoms with Crippen molar-refractivity contribution in [3.8, 4) is 11.1 Å². The number of carbonyl (C=O) groups excluding carboxylic acids is 1. The molecule has 0 saturated carbocycles. The summed E-state index contributed by atoms with van der Waals surface area (Å²) in [7, 11) is 0. The van der Waals surface area contributed by atoms with E-state index in [1.54, 1.807) is 0 Å². The Labute approximate surface area is 271 Å². The van der Waals surface area contributed by atoms with Gasteiger partial charge < -0.3 is 35.4 Å². The fourth-order valence-corrected chi connectivity index (χ4v) is 5.32. The van der Waals surface area contributed by atoms with Gasteiger partial charge in [0.2, 0.25) is 0 Å². The van der Waals surface area contributed by atoms with E-state index in [1.807, 2.05) is 0 Å². The van der Waals surface area contributed by atoms with Crippen LogP contribution < -0.4 is 0 Å². The molecule has 0 aliphatic rings. The first-order chi connectivity index (χ1) is 22.4. The monoisotopic (exact) mass is 658 g/mol. The molecule has 0 aromatic heterocycles. The maximum atomic E-state index is 13.1. The number of aliphatic hydroxyl groups excluding tert-OH is 1. The van der Waals surface area contributed by atoms with E-state index >= 15 is 0 Å². The number of aliphatic hydroxyl groups is 1. The fourth-order valence-electron chi connectivity index (χ4n) is 5.32. The zero-order valence-electron chi connectivity index (χ0n) is 26.2. The van der Waals surface area contributed by atoms with Gasteiger partial charge in [0.15, 0.2) is 0 Å². The van der Waals surface area contributed by atoms with Gasteiger partial charge in [0.05, 0.1) is 40.0 Å². The number of carboxylic acid groups (broad SMARTS) is 5. The molecule has 0 amide bonds. The van der Waals surface area contributed by atoms with Crippen molar-refractivity contribution in [2.24, 2.45) is 0 Å². The summed E-state index contributed by atoms with van der Waals surface area (Å²) in [5.74, 6) is -9.92. The summed E-state index contributed by atoms with van der Waals surface area (Å²) in [6.07, 6.45) is 14.4. The number of rotatable bonds is 23. The van der Waals surface area contributed by atoms with Crippen LogP contribution in [0, 0.1) is 0 Å². The molecule has 0 radical (unpaired) electrons. The van der Waals surface area contributed by atoms with Crippen molar-refractivity contribution in [3.05, 3.63) is 57.6 Å². The van der Waals surface area contributed by atoms with Crippen molar-refractivity contribution in [2.75, 3.05) is 13.2 Å². The molecule has 0 spiro atoms. The highest BCUT2D eigenvalue weighted by molar-refractivity contribution is 6.14. The Bertz CT molecular complexity index is 1440. The van der Waals surface area contributed by atoms with Gasteiger partial charge in [-0.25, -0.2) is 28.8 Å². The normalized spacial score (nSPS) is 10.8. The van der Waals surface area contributed by atoms with Crippen molar-refractivity contribution in [1.82, 2.24) is 0 Å². The number of esters is 1. The Morgan fingerprint density at radius 2 is 0.809 bits per heavy atom. The number of carboxylic acids is 5. The van der Waals surface area contributed by atoms with Gasteiger partial charge in [-0.1, -0.05) is 77.0 Å². The molecule has 256 valence electrons. The van der Waals surface area contributed by atoms with E-state index in [0.29, 0.717) is 18.6 Å². The van der Waals surface area contributed by atoms with Crippen LogP contribution in [0.15, 0.2) is 24.3 Å². The Balaban J connectivity index is 2.11. The number of unbranched alkanes of at least 4 members (excludes halogenated alkanes) is 13. The molecular formula is C34H42O13. The van der Waals surface area contributed by atoms with Gasteiger partial charge in [-0.2, -0.15) is 0 Å². The van der Waals surface area contributed by atoms with Crippen LogP contribution in [0.2, 0.25) is 0 Å². The van der Waals surface area contributed by atoms with Crippen molar-refractivity contribution in [3.63, 3.8) is 0 Å². The highest BCUT2D eigenvalue weighted by atomic mass is 16.5. The van der Waals surface area contributed by atoms with Gasteiger partial charge in [-0.05, 0) is 48.2 Å². The van der Waals surface area contributed by atoms with Gasteiger partial charge >= 0.3 is 35.8 Å². The van der Waals surface area contributed by atoms with Gasteiger partial charge in [0.1, 0.15) is 0 Å². The molecule has 0 heterocycles. The van der Waals surface area contributed by atoms with Gasteiger partial charge in [0, 0.05) is 6.61 Å². The van der Waals surface area contributed by atoms with Crippen LogP contribution in [0.25, 0.3) is 11.1 Å². The largest absolute Gasteiger partial charge is 0.478 e. The molecule has 0 aliphatic heterocycles. The predicted molar refractivity (Wildman–Crippen MR) is 169 cm³/mol. The first kappa shape index (κ1) is 38.4. The molecular weight excluding hydrogens is 616 g/mol. The van der Waals surface area contributed by atoms with E-state index in [-0.39, 0.29) is 13.2 Å². The molecule has 6 N–H and O–H groups in total. The van der Waals surface area contributed by atoms with Crippen molar-refractivity contribution >= 4 is 35.8 Å². The van der Waals surface area contributed by atoms with E-state index in [1.165, 1.54) is 38.5 Å².